The summed E-state index contributed by atoms with van der Waals surface area (Å²) in [7, 11) is 0. The second-order valence-corrected chi connectivity index (χ2v) is 5.99. The van der Waals surface area contributed by atoms with E-state index < -0.39 is 17.0 Å². The summed E-state index contributed by atoms with van der Waals surface area (Å²) in [6, 6.07) is 7.44. The zero-order valence-electron chi connectivity index (χ0n) is 11.2. The SMILES string of the molecule is CC1Cc2cc(C(Cl)c3cc(F)c(Cl)cc3F)ccc2O1. The van der Waals surface area contributed by atoms with Gasteiger partial charge in [0.25, 0.3) is 0 Å². The van der Waals surface area contributed by atoms with Gasteiger partial charge in [-0.15, -0.1) is 11.6 Å². The number of ether oxygens (including phenoxy) is 1. The predicted molar refractivity (Wildman–Crippen MR) is 79.3 cm³/mol. The highest BCUT2D eigenvalue weighted by Gasteiger charge is 2.23. The Balaban J connectivity index is 1.98. The van der Waals surface area contributed by atoms with Crippen molar-refractivity contribution >= 4 is 23.2 Å². The first-order chi connectivity index (χ1) is 9.95. The van der Waals surface area contributed by atoms with Crippen LogP contribution in [-0.2, 0) is 6.42 Å². The third-order valence-electron chi connectivity index (χ3n) is 3.53. The van der Waals surface area contributed by atoms with E-state index >= 15 is 0 Å². The molecule has 2 aromatic rings. The Labute approximate surface area is 131 Å². The minimum Gasteiger partial charge on any atom is -0.490 e. The van der Waals surface area contributed by atoms with Crippen LogP contribution in [0.1, 0.15) is 29.0 Å². The first-order valence-corrected chi connectivity index (χ1v) is 7.35. The number of hydrogen-bond acceptors (Lipinski definition) is 1. The Hall–Kier alpha value is -1.32. The van der Waals surface area contributed by atoms with Gasteiger partial charge in [0.15, 0.2) is 0 Å². The zero-order valence-corrected chi connectivity index (χ0v) is 12.7. The number of benzene rings is 2. The van der Waals surface area contributed by atoms with Gasteiger partial charge in [0, 0.05) is 12.0 Å². The fourth-order valence-corrected chi connectivity index (χ4v) is 2.96. The lowest BCUT2D eigenvalue weighted by Gasteiger charge is -2.13. The zero-order chi connectivity index (χ0) is 15.1. The molecule has 2 aromatic carbocycles. The van der Waals surface area contributed by atoms with Gasteiger partial charge in [-0.2, -0.15) is 0 Å². The van der Waals surface area contributed by atoms with Crippen LogP contribution in [0.25, 0.3) is 0 Å². The first kappa shape index (κ1) is 14.6. The summed E-state index contributed by atoms with van der Waals surface area (Å²) in [6.07, 6.45) is 0.901. The van der Waals surface area contributed by atoms with Crippen LogP contribution in [-0.4, -0.2) is 6.10 Å². The van der Waals surface area contributed by atoms with E-state index in [1.807, 2.05) is 19.1 Å². The van der Waals surface area contributed by atoms with Crippen molar-refractivity contribution in [3.8, 4) is 5.75 Å². The molecule has 0 fully saturated rings. The van der Waals surface area contributed by atoms with Crippen LogP contribution in [0.15, 0.2) is 30.3 Å². The first-order valence-electron chi connectivity index (χ1n) is 6.53. The second-order valence-electron chi connectivity index (χ2n) is 5.15. The lowest BCUT2D eigenvalue weighted by atomic mass is 10.00. The van der Waals surface area contributed by atoms with E-state index in [0.29, 0.717) is 5.56 Å². The molecule has 0 spiro atoms. The quantitative estimate of drug-likeness (QED) is 0.539. The minimum atomic E-state index is -0.780. The van der Waals surface area contributed by atoms with E-state index in [1.165, 1.54) is 0 Å². The van der Waals surface area contributed by atoms with Gasteiger partial charge in [-0.05, 0) is 36.2 Å². The van der Waals surface area contributed by atoms with Crippen LogP contribution in [0.2, 0.25) is 5.02 Å². The highest BCUT2D eigenvalue weighted by molar-refractivity contribution is 6.30. The Morgan fingerprint density at radius 2 is 1.95 bits per heavy atom. The predicted octanol–water partition coefficient (Wildman–Crippen LogP) is 5.27. The van der Waals surface area contributed by atoms with E-state index in [9.17, 15) is 8.78 Å². The standard InChI is InChI=1S/C16H12Cl2F2O/c1-8-4-10-5-9(2-3-15(10)21-8)16(18)11-6-14(20)12(17)7-13(11)19/h2-3,5-8,16H,4H2,1H3. The van der Waals surface area contributed by atoms with Crippen LogP contribution < -0.4 is 4.74 Å². The van der Waals surface area contributed by atoms with E-state index in [1.54, 1.807) is 6.07 Å². The van der Waals surface area contributed by atoms with Gasteiger partial charge in [0.2, 0.25) is 0 Å². The average Bonchev–Trinajstić information content (AvgIpc) is 2.81. The summed E-state index contributed by atoms with van der Waals surface area (Å²) in [4.78, 5) is 0. The molecule has 1 aliphatic rings. The monoisotopic (exact) mass is 328 g/mol. The highest BCUT2D eigenvalue weighted by Crippen LogP contribution is 2.37. The molecule has 110 valence electrons. The van der Waals surface area contributed by atoms with Gasteiger partial charge in [0.1, 0.15) is 23.5 Å². The molecule has 21 heavy (non-hydrogen) atoms. The van der Waals surface area contributed by atoms with Crippen molar-refractivity contribution in [1.29, 1.82) is 0 Å². The summed E-state index contributed by atoms with van der Waals surface area (Å²) >= 11 is 11.9. The van der Waals surface area contributed by atoms with Crippen molar-refractivity contribution in [2.24, 2.45) is 0 Å². The van der Waals surface area contributed by atoms with Crippen molar-refractivity contribution in [2.45, 2.75) is 24.8 Å². The third kappa shape index (κ3) is 2.72. The molecule has 0 saturated carbocycles. The van der Waals surface area contributed by atoms with E-state index in [0.717, 1.165) is 29.9 Å². The van der Waals surface area contributed by atoms with E-state index in [-0.39, 0.29) is 16.7 Å². The molecule has 1 heterocycles. The largest absolute Gasteiger partial charge is 0.490 e. The van der Waals surface area contributed by atoms with E-state index in [4.69, 9.17) is 27.9 Å². The van der Waals surface area contributed by atoms with Crippen LogP contribution in [0, 0.1) is 11.6 Å². The molecule has 1 nitrogen and oxygen atoms in total. The van der Waals surface area contributed by atoms with Gasteiger partial charge >= 0.3 is 0 Å². The normalized spacial score (nSPS) is 18.2. The smallest absolute Gasteiger partial charge is 0.142 e. The van der Waals surface area contributed by atoms with Gasteiger partial charge < -0.3 is 4.74 Å². The topological polar surface area (TPSA) is 9.23 Å². The summed E-state index contributed by atoms with van der Waals surface area (Å²) in [5.41, 5.74) is 1.81. The Bertz CT molecular complexity index is 703. The summed E-state index contributed by atoms with van der Waals surface area (Å²) in [5, 5.41) is -1.03. The molecule has 0 amide bonds. The Morgan fingerprint density at radius 3 is 2.71 bits per heavy atom. The molecule has 0 radical (unpaired) electrons. The summed E-state index contributed by atoms with van der Waals surface area (Å²) < 4.78 is 33.1. The number of halogens is 4. The molecule has 0 bridgehead atoms. The van der Waals surface area contributed by atoms with E-state index in [2.05, 4.69) is 0 Å². The molecule has 0 aromatic heterocycles. The average molecular weight is 329 g/mol. The van der Waals surface area contributed by atoms with Gasteiger partial charge in [-0.25, -0.2) is 8.78 Å². The Kier molecular flexibility index (Phi) is 3.80. The Morgan fingerprint density at radius 1 is 1.19 bits per heavy atom. The van der Waals surface area contributed by atoms with Crippen LogP contribution in [0.4, 0.5) is 8.78 Å². The molecule has 0 saturated heterocycles. The van der Waals surface area contributed by atoms with Crippen LogP contribution in [0.5, 0.6) is 5.75 Å². The molecule has 0 aliphatic carbocycles. The van der Waals surface area contributed by atoms with Crippen molar-refractivity contribution in [3.05, 3.63) is 63.7 Å². The molecular weight excluding hydrogens is 317 g/mol. The summed E-state index contributed by atoms with van der Waals surface area (Å²) in [5.74, 6) is -0.485. The molecule has 1 aliphatic heterocycles. The molecular formula is C16H12Cl2F2O. The molecule has 3 rings (SSSR count). The number of fused-ring (bicyclic) bond motifs is 1. The van der Waals surface area contributed by atoms with Crippen molar-refractivity contribution in [1.82, 2.24) is 0 Å². The lowest BCUT2D eigenvalue weighted by molar-refractivity contribution is 0.254. The highest BCUT2D eigenvalue weighted by atomic mass is 35.5. The molecule has 2 atom stereocenters. The van der Waals surface area contributed by atoms with Crippen LogP contribution in [0.3, 0.4) is 0 Å². The minimum absolute atomic E-state index is 0.0745. The van der Waals surface area contributed by atoms with Gasteiger partial charge in [0.05, 0.1) is 10.4 Å². The summed E-state index contributed by atoms with van der Waals surface area (Å²) in [6.45, 7) is 1.98. The third-order valence-corrected chi connectivity index (χ3v) is 4.30. The molecule has 5 heteroatoms. The molecule has 2 unspecified atom stereocenters. The van der Waals surface area contributed by atoms with Crippen molar-refractivity contribution in [2.75, 3.05) is 0 Å². The molecule has 0 N–H and O–H groups in total. The van der Waals surface area contributed by atoms with Gasteiger partial charge in [-0.1, -0.05) is 23.7 Å². The van der Waals surface area contributed by atoms with Gasteiger partial charge in [-0.3, -0.25) is 0 Å². The maximum absolute atomic E-state index is 13.9. The number of hydrogen-bond donors (Lipinski definition) is 0. The van der Waals surface area contributed by atoms with Crippen molar-refractivity contribution in [3.63, 3.8) is 0 Å². The number of alkyl halides is 1. The van der Waals surface area contributed by atoms with Crippen molar-refractivity contribution < 1.29 is 13.5 Å². The maximum Gasteiger partial charge on any atom is 0.142 e. The fraction of sp³-hybridized carbons (Fsp3) is 0.250. The second kappa shape index (κ2) is 5.47. The number of rotatable bonds is 2. The maximum atomic E-state index is 13.9. The fourth-order valence-electron chi connectivity index (χ4n) is 2.51. The lowest BCUT2D eigenvalue weighted by Crippen LogP contribution is -2.05. The van der Waals surface area contributed by atoms with Crippen LogP contribution >= 0.6 is 23.2 Å².